The molecule has 108 valence electrons. The number of anilines is 1. The van der Waals surface area contributed by atoms with Gasteiger partial charge in [0.05, 0.1) is 15.5 Å². The predicted octanol–water partition coefficient (Wildman–Crippen LogP) is 3.28. The van der Waals surface area contributed by atoms with Gasteiger partial charge in [0, 0.05) is 12.2 Å². The first kappa shape index (κ1) is 15.1. The zero-order valence-corrected chi connectivity index (χ0v) is 13.3. The quantitative estimate of drug-likeness (QED) is 0.488. The number of carbonyl (C=O) groups is 1. The number of unbranched alkanes of at least 4 members (excludes halogenated alkanes) is 1. The number of thiazole rings is 1. The Hall–Kier alpha value is -1.27. The van der Waals surface area contributed by atoms with Crippen molar-refractivity contribution in [1.82, 2.24) is 10.3 Å². The van der Waals surface area contributed by atoms with Crippen molar-refractivity contribution >= 4 is 44.9 Å². The first-order valence-corrected chi connectivity index (χ1v) is 8.40. The lowest BCUT2D eigenvalue weighted by atomic mass is 10.3. The highest BCUT2D eigenvalue weighted by atomic mass is 32.2. The standard InChI is InChI=1S/C14H19N3OS2/c1-3-4-7-16-13(18)9(2)19-14-17-11-6-5-10(15)8-12(11)20-14/h5-6,8-9H,3-4,7,15H2,1-2H3,(H,16,18). The molecule has 20 heavy (non-hydrogen) atoms. The van der Waals surface area contributed by atoms with E-state index in [1.807, 2.05) is 25.1 Å². The number of thioether (sulfide) groups is 1. The van der Waals surface area contributed by atoms with Crippen LogP contribution in [0.4, 0.5) is 5.69 Å². The van der Waals surface area contributed by atoms with Crippen molar-refractivity contribution in [2.45, 2.75) is 36.3 Å². The first-order valence-electron chi connectivity index (χ1n) is 6.70. The normalized spacial score (nSPS) is 12.5. The SMILES string of the molecule is CCCCNC(=O)C(C)Sc1nc2ccc(N)cc2s1. The lowest BCUT2D eigenvalue weighted by Crippen LogP contribution is -2.31. The van der Waals surface area contributed by atoms with E-state index in [-0.39, 0.29) is 11.2 Å². The van der Waals surface area contributed by atoms with Crippen molar-refractivity contribution in [3.63, 3.8) is 0 Å². The average Bonchev–Trinajstić information content (AvgIpc) is 2.80. The molecule has 6 heteroatoms. The molecule has 4 nitrogen and oxygen atoms in total. The molecule has 1 amide bonds. The van der Waals surface area contributed by atoms with Gasteiger partial charge in [-0.3, -0.25) is 4.79 Å². The number of nitrogens with zero attached hydrogens (tertiary/aromatic N) is 1. The highest BCUT2D eigenvalue weighted by molar-refractivity contribution is 8.02. The van der Waals surface area contributed by atoms with Crippen LogP contribution in [0.15, 0.2) is 22.5 Å². The average molecular weight is 309 g/mol. The van der Waals surface area contributed by atoms with Crippen LogP contribution >= 0.6 is 23.1 Å². The largest absolute Gasteiger partial charge is 0.399 e. The minimum atomic E-state index is -0.134. The Morgan fingerprint density at radius 3 is 3.10 bits per heavy atom. The summed E-state index contributed by atoms with van der Waals surface area (Å²) < 4.78 is 1.97. The number of hydrogen-bond donors (Lipinski definition) is 2. The molecule has 0 saturated carbocycles. The lowest BCUT2D eigenvalue weighted by molar-refractivity contribution is -0.120. The fourth-order valence-corrected chi connectivity index (χ4v) is 3.99. The number of benzene rings is 1. The molecule has 0 radical (unpaired) electrons. The molecular weight excluding hydrogens is 290 g/mol. The van der Waals surface area contributed by atoms with Gasteiger partial charge in [0.15, 0.2) is 4.34 Å². The van der Waals surface area contributed by atoms with Crippen LogP contribution in [-0.2, 0) is 4.79 Å². The Morgan fingerprint density at radius 2 is 2.35 bits per heavy atom. The number of nitrogens with one attached hydrogen (secondary N) is 1. The summed E-state index contributed by atoms with van der Waals surface area (Å²) in [6, 6.07) is 5.68. The summed E-state index contributed by atoms with van der Waals surface area (Å²) in [5.74, 6) is 0.0715. The summed E-state index contributed by atoms with van der Waals surface area (Å²) in [7, 11) is 0. The van der Waals surface area contributed by atoms with Gasteiger partial charge in [-0.1, -0.05) is 25.1 Å². The minimum absolute atomic E-state index is 0.0715. The van der Waals surface area contributed by atoms with Gasteiger partial charge in [0.1, 0.15) is 0 Å². The third-order valence-electron chi connectivity index (χ3n) is 2.87. The van der Waals surface area contributed by atoms with E-state index in [0.717, 1.165) is 39.6 Å². The van der Waals surface area contributed by atoms with Gasteiger partial charge in [-0.25, -0.2) is 4.98 Å². The number of fused-ring (bicyclic) bond motifs is 1. The summed E-state index contributed by atoms with van der Waals surface area (Å²) in [5.41, 5.74) is 7.43. The van der Waals surface area contributed by atoms with Crippen LogP contribution in [0.25, 0.3) is 10.2 Å². The third kappa shape index (κ3) is 3.86. The van der Waals surface area contributed by atoms with Crippen molar-refractivity contribution in [1.29, 1.82) is 0 Å². The van der Waals surface area contributed by atoms with E-state index in [0.29, 0.717) is 0 Å². The maximum atomic E-state index is 11.9. The van der Waals surface area contributed by atoms with Crippen LogP contribution in [0.5, 0.6) is 0 Å². The monoisotopic (exact) mass is 309 g/mol. The van der Waals surface area contributed by atoms with Crippen LogP contribution in [0, 0.1) is 0 Å². The molecule has 1 atom stereocenters. The first-order chi connectivity index (χ1) is 9.60. The molecule has 0 aliphatic heterocycles. The van der Waals surface area contributed by atoms with Gasteiger partial charge in [0.2, 0.25) is 5.91 Å². The summed E-state index contributed by atoms with van der Waals surface area (Å²) in [6.45, 7) is 4.76. The smallest absolute Gasteiger partial charge is 0.233 e. The molecule has 0 saturated heterocycles. The van der Waals surface area contributed by atoms with Crippen molar-refractivity contribution in [2.24, 2.45) is 0 Å². The van der Waals surface area contributed by atoms with Gasteiger partial charge in [0.25, 0.3) is 0 Å². The molecule has 1 aromatic carbocycles. The minimum Gasteiger partial charge on any atom is -0.399 e. The van der Waals surface area contributed by atoms with Crippen LogP contribution in [0.3, 0.4) is 0 Å². The molecule has 0 aliphatic carbocycles. The molecule has 0 fully saturated rings. The van der Waals surface area contributed by atoms with Gasteiger partial charge in [-0.15, -0.1) is 11.3 Å². The fraction of sp³-hybridized carbons (Fsp3) is 0.429. The molecule has 1 unspecified atom stereocenters. The summed E-state index contributed by atoms with van der Waals surface area (Å²) >= 11 is 3.07. The van der Waals surface area contributed by atoms with E-state index < -0.39 is 0 Å². The van der Waals surface area contributed by atoms with Crippen molar-refractivity contribution in [3.05, 3.63) is 18.2 Å². The zero-order valence-electron chi connectivity index (χ0n) is 11.7. The van der Waals surface area contributed by atoms with E-state index in [4.69, 9.17) is 5.73 Å². The Kier molecular flexibility index (Phi) is 5.25. The van der Waals surface area contributed by atoms with Crippen LogP contribution in [0.2, 0.25) is 0 Å². The molecule has 0 bridgehead atoms. The van der Waals surface area contributed by atoms with E-state index in [1.54, 1.807) is 11.3 Å². The molecule has 2 aromatic rings. The van der Waals surface area contributed by atoms with E-state index >= 15 is 0 Å². The van der Waals surface area contributed by atoms with Gasteiger partial charge < -0.3 is 11.1 Å². The number of carbonyl (C=O) groups excluding carboxylic acids is 1. The number of nitrogen functional groups attached to an aromatic ring is 1. The Labute approximate surface area is 127 Å². The maximum Gasteiger partial charge on any atom is 0.233 e. The number of nitrogens with two attached hydrogens (primary N) is 1. The van der Waals surface area contributed by atoms with Gasteiger partial charge >= 0.3 is 0 Å². The maximum absolute atomic E-state index is 11.9. The molecule has 0 aliphatic rings. The fourth-order valence-electron chi connectivity index (χ4n) is 1.71. The van der Waals surface area contributed by atoms with E-state index in [9.17, 15) is 4.79 Å². The Balaban J connectivity index is 1.98. The summed E-state index contributed by atoms with van der Waals surface area (Å²) in [4.78, 5) is 16.4. The summed E-state index contributed by atoms with van der Waals surface area (Å²) in [5, 5.41) is 2.81. The van der Waals surface area contributed by atoms with Crippen LogP contribution in [0.1, 0.15) is 26.7 Å². The molecular formula is C14H19N3OS2. The number of hydrogen-bond acceptors (Lipinski definition) is 5. The molecule has 0 spiro atoms. The second-order valence-electron chi connectivity index (χ2n) is 4.61. The second-order valence-corrected chi connectivity index (χ2v) is 7.23. The highest BCUT2D eigenvalue weighted by Gasteiger charge is 2.16. The van der Waals surface area contributed by atoms with Crippen LogP contribution < -0.4 is 11.1 Å². The molecule has 3 N–H and O–H groups in total. The topological polar surface area (TPSA) is 68.0 Å². The number of rotatable bonds is 6. The lowest BCUT2D eigenvalue weighted by Gasteiger charge is -2.09. The Morgan fingerprint density at radius 1 is 1.55 bits per heavy atom. The number of amides is 1. The summed E-state index contributed by atoms with van der Waals surface area (Å²) in [6.07, 6.45) is 2.10. The molecule has 1 heterocycles. The second kappa shape index (κ2) is 6.95. The predicted molar refractivity (Wildman–Crippen MR) is 87.3 cm³/mol. The van der Waals surface area contributed by atoms with E-state index in [1.165, 1.54) is 11.8 Å². The Bertz CT molecular complexity index is 597. The zero-order chi connectivity index (χ0) is 14.5. The van der Waals surface area contributed by atoms with Crippen LogP contribution in [-0.4, -0.2) is 22.7 Å². The van der Waals surface area contributed by atoms with Gasteiger partial charge in [-0.2, -0.15) is 0 Å². The highest BCUT2D eigenvalue weighted by Crippen LogP contribution is 2.32. The van der Waals surface area contributed by atoms with Gasteiger partial charge in [-0.05, 0) is 31.5 Å². The molecule has 1 aromatic heterocycles. The van der Waals surface area contributed by atoms with Crippen molar-refractivity contribution in [2.75, 3.05) is 12.3 Å². The molecule has 2 rings (SSSR count). The van der Waals surface area contributed by atoms with Crippen molar-refractivity contribution in [3.8, 4) is 0 Å². The van der Waals surface area contributed by atoms with E-state index in [2.05, 4.69) is 17.2 Å². The van der Waals surface area contributed by atoms with Crippen molar-refractivity contribution < 1.29 is 4.79 Å². The number of aromatic nitrogens is 1. The third-order valence-corrected chi connectivity index (χ3v) is 5.08.